The molecule has 0 radical (unpaired) electrons. The Labute approximate surface area is 144 Å². The SMILES string of the molecule is Cc1csc(N(C(=O)Cc2ccc(Cl)cc2)c2ccccc2)n1. The molecule has 1 amide bonds. The van der Waals surface area contributed by atoms with Crippen LogP contribution in [0, 0.1) is 6.92 Å². The summed E-state index contributed by atoms with van der Waals surface area (Å²) in [7, 11) is 0. The van der Waals surface area contributed by atoms with E-state index in [4.69, 9.17) is 11.6 Å². The van der Waals surface area contributed by atoms with Crippen molar-refractivity contribution in [1.29, 1.82) is 0 Å². The molecule has 1 aromatic heterocycles. The molecule has 1 heterocycles. The number of benzene rings is 2. The van der Waals surface area contributed by atoms with E-state index in [1.165, 1.54) is 11.3 Å². The lowest BCUT2D eigenvalue weighted by molar-refractivity contribution is -0.117. The fourth-order valence-electron chi connectivity index (χ4n) is 2.24. The maximum Gasteiger partial charge on any atom is 0.237 e. The molecule has 0 aliphatic rings. The molecule has 3 nitrogen and oxygen atoms in total. The van der Waals surface area contributed by atoms with Crippen molar-refractivity contribution >= 4 is 39.7 Å². The van der Waals surface area contributed by atoms with Crippen molar-refractivity contribution in [2.75, 3.05) is 4.90 Å². The molecule has 0 N–H and O–H groups in total. The van der Waals surface area contributed by atoms with Crippen LogP contribution in [0.4, 0.5) is 10.8 Å². The maximum absolute atomic E-state index is 12.9. The number of aromatic nitrogens is 1. The Bertz CT molecular complexity index is 799. The first kappa shape index (κ1) is 15.7. The number of halogens is 1. The van der Waals surface area contributed by atoms with Crippen LogP contribution in [0.5, 0.6) is 0 Å². The summed E-state index contributed by atoms with van der Waals surface area (Å²) in [5, 5.41) is 3.30. The Balaban J connectivity index is 1.91. The summed E-state index contributed by atoms with van der Waals surface area (Å²) in [5.41, 5.74) is 2.65. The van der Waals surface area contributed by atoms with Gasteiger partial charge >= 0.3 is 0 Å². The minimum Gasteiger partial charge on any atom is -0.274 e. The highest BCUT2D eigenvalue weighted by Gasteiger charge is 2.20. The molecule has 3 aromatic rings. The first-order valence-electron chi connectivity index (χ1n) is 7.18. The Morgan fingerprint density at radius 1 is 1.13 bits per heavy atom. The zero-order valence-corrected chi connectivity index (χ0v) is 14.1. The Morgan fingerprint density at radius 2 is 1.83 bits per heavy atom. The lowest BCUT2D eigenvalue weighted by Crippen LogP contribution is -2.27. The average Bonchev–Trinajstić information content (AvgIpc) is 2.97. The molecule has 0 bridgehead atoms. The fourth-order valence-corrected chi connectivity index (χ4v) is 3.20. The number of anilines is 2. The number of para-hydroxylation sites is 1. The van der Waals surface area contributed by atoms with Crippen molar-refractivity contribution in [3.63, 3.8) is 0 Å². The molecule has 0 aliphatic heterocycles. The van der Waals surface area contributed by atoms with Gasteiger partial charge in [-0.25, -0.2) is 4.98 Å². The van der Waals surface area contributed by atoms with Gasteiger partial charge in [0.05, 0.1) is 17.8 Å². The zero-order valence-electron chi connectivity index (χ0n) is 12.6. The van der Waals surface area contributed by atoms with Gasteiger partial charge in [0, 0.05) is 10.4 Å². The molecule has 0 saturated heterocycles. The van der Waals surface area contributed by atoms with Gasteiger partial charge in [-0.1, -0.05) is 41.9 Å². The van der Waals surface area contributed by atoms with Gasteiger partial charge < -0.3 is 0 Å². The standard InChI is InChI=1S/C18H15ClN2OS/c1-13-12-23-18(20-13)21(16-5-3-2-4-6-16)17(22)11-14-7-9-15(19)10-8-14/h2-10,12H,11H2,1H3. The van der Waals surface area contributed by atoms with Crippen LogP contribution in [-0.4, -0.2) is 10.9 Å². The van der Waals surface area contributed by atoms with Gasteiger partial charge in [-0.3, -0.25) is 9.69 Å². The number of rotatable bonds is 4. The highest BCUT2D eigenvalue weighted by molar-refractivity contribution is 7.14. The van der Waals surface area contributed by atoms with Crippen LogP contribution in [0.3, 0.4) is 0 Å². The number of aryl methyl sites for hydroxylation is 1. The third-order valence-corrected chi connectivity index (χ3v) is 4.53. The van der Waals surface area contributed by atoms with Crippen LogP contribution in [0.1, 0.15) is 11.3 Å². The van der Waals surface area contributed by atoms with E-state index in [0.29, 0.717) is 16.6 Å². The van der Waals surface area contributed by atoms with Gasteiger partial charge in [0.25, 0.3) is 0 Å². The smallest absolute Gasteiger partial charge is 0.237 e. The predicted molar refractivity (Wildman–Crippen MR) is 95.6 cm³/mol. The normalized spacial score (nSPS) is 10.5. The van der Waals surface area contributed by atoms with Crippen molar-refractivity contribution in [3.05, 3.63) is 76.3 Å². The van der Waals surface area contributed by atoms with E-state index in [0.717, 1.165) is 16.9 Å². The zero-order chi connectivity index (χ0) is 16.2. The summed E-state index contributed by atoms with van der Waals surface area (Å²) in [6.45, 7) is 1.92. The van der Waals surface area contributed by atoms with E-state index in [-0.39, 0.29) is 5.91 Å². The minimum absolute atomic E-state index is 0.0205. The molecule has 0 atom stereocenters. The number of nitrogens with zero attached hydrogens (tertiary/aromatic N) is 2. The molecule has 116 valence electrons. The summed E-state index contributed by atoms with van der Waals surface area (Å²) in [6, 6.07) is 16.9. The number of hydrogen-bond acceptors (Lipinski definition) is 3. The first-order valence-corrected chi connectivity index (χ1v) is 8.44. The van der Waals surface area contributed by atoms with Crippen LogP contribution in [0.25, 0.3) is 0 Å². The summed E-state index contributed by atoms with van der Waals surface area (Å²) >= 11 is 7.37. The van der Waals surface area contributed by atoms with Crippen molar-refractivity contribution in [2.45, 2.75) is 13.3 Å². The highest BCUT2D eigenvalue weighted by Crippen LogP contribution is 2.29. The van der Waals surface area contributed by atoms with E-state index in [2.05, 4.69) is 4.98 Å². The van der Waals surface area contributed by atoms with E-state index < -0.39 is 0 Å². The van der Waals surface area contributed by atoms with Crippen LogP contribution >= 0.6 is 22.9 Å². The monoisotopic (exact) mass is 342 g/mol. The Hall–Kier alpha value is -2.17. The molecular formula is C18H15ClN2OS. The summed E-state index contributed by atoms with van der Waals surface area (Å²) < 4.78 is 0. The molecule has 0 spiro atoms. The van der Waals surface area contributed by atoms with Crippen molar-refractivity contribution in [1.82, 2.24) is 4.98 Å². The molecule has 0 fully saturated rings. The molecular weight excluding hydrogens is 328 g/mol. The van der Waals surface area contributed by atoms with Gasteiger partial charge in [0.15, 0.2) is 5.13 Å². The number of carbonyl (C=O) groups is 1. The lowest BCUT2D eigenvalue weighted by atomic mass is 10.1. The number of hydrogen-bond donors (Lipinski definition) is 0. The van der Waals surface area contributed by atoms with Gasteiger partial charge in [-0.2, -0.15) is 0 Å². The van der Waals surface area contributed by atoms with Crippen molar-refractivity contribution in [2.24, 2.45) is 0 Å². The summed E-state index contributed by atoms with van der Waals surface area (Å²) in [6.07, 6.45) is 0.296. The second kappa shape index (κ2) is 6.94. The largest absolute Gasteiger partial charge is 0.274 e. The quantitative estimate of drug-likeness (QED) is 0.667. The van der Waals surface area contributed by atoms with E-state index >= 15 is 0 Å². The number of amides is 1. The van der Waals surface area contributed by atoms with Crippen molar-refractivity contribution in [3.8, 4) is 0 Å². The second-order valence-corrected chi connectivity index (χ2v) is 6.41. The van der Waals surface area contributed by atoms with E-state index in [1.807, 2.05) is 54.8 Å². The van der Waals surface area contributed by atoms with Gasteiger partial charge in [-0.05, 0) is 36.8 Å². The first-order chi connectivity index (χ1) is 11.1. The molecule has 0 aliphatic carbocycles. The third-order valence-electron chi connectivity index (χ3n) is 3.33. The lowest BCUT2D eigenvalue weighted by Gasteiger charge is -2.20. The molecule has 0 unspecified atom stereocenters. The number of carbonyl (C=O) groups excluding carboxylic acids is 1. The van der Waals surface area contributed by atoms with Gasteiger partial charge in [0.1, 0.15) is 0 Å². The third kappa shape index (κ3) is 3.78. The molecule has 3 rings (SSSR count). The highest BCUT2D eigenvalue weighted by atomic mass is 35.5. The second-order valence-electron chi connectivity index (χ2n) is 5.14. The summed E-state index contributed by atoms with van der Waals surface area (Å²) in [5.74, 6) is -0.0205. The van der Waals surface area contributed by atoms with Crippen LogP contribution < -0.4 is 4.90 Å². The van der Waals surface area contributed by atoms with Gasteiger partial charge in [0.2, 0.25) is 5.91 Å². The maximum atomic E-state index is 12.9. The molecule has 5 heteroatoms. The molecule has 0 saturated carbocycles. The molecule has 2 aromatic carbocycles. The summed E-state index contributed by atoms with van der Waals surface area (Å²) in [4.78, 5) is 19.0. The Kier molecular flexibility index (Phi) is 4.74. The van der Waals surface area contributed by atoms with E-state index in [1.54, 1.807) is 17.0 Å². The topological polar surface area (TPSA) is 33.2 Å². The predicted octanol–water partition coefficient (Wildman–Crippen LogP) is 5.01. The Morgan fingerprint density at radius 3 is 2.43 bits per heavy atom. The van der Waals surface area contributed by atoms with Crippen LogP contribution in [0.2, 0.25) is 5.02 Å². The van der Waals surface area contributed by atoms with Crippen LogP contribution in [0.15, 0.2) is 60.0 Å². The fraction of sp³-hybridized carbons (Fsp3) is 0.111. The van der Waals surface area contributed by atoms with E-state index in [9.17, 15) is 4.79 Å². The van der Waals surface area contributed by atoms with Crippen LogP contribution in [-0.2, 0) is 11.2 Å². The minimum atomic E-state index is -0.0205. The average molecular weight is 343 g/mol. The molecule has 23 heavy (non-hydrogen) atoms. The number of thiazole rings is 1. The van der Waals surface area contributed by atoms with Crippen molar-refractivity contribution < 1.29 is 4.79 Å². The van der Waals surface area contributed by atoms with Gasteiger partial charge in [-0.15, -0.1) is 11.3 Å².